The van der Waals surface area contributed by atoms with Gasteiger partial charge in [-0.15, -0.1) is 0 Å². The summed E-state index contributed by atoms with van der Waals surface area (Å²) in [6.07, 6.45) is 2.18. The first kappa shape index (κ1) is 15.5. The van der Waals surface area contributed by atoms with Gasteiger partial charge in [0.05, 0.1) is 0 Å². The summed E-state index contributed by atoms with van der Waals surface area (Å²) in [7, 11) is 0. The zero-order valence-electron chi connectivity index (χ0n) is 12.5. The SMILES string of the molecule is CCC(CC)CNC(=O)COc1cc(C)ccc1C. The minimum atomic E-state index is -0.0483. The Bertz CT molecular complexity index is 411. The van der Waals surface area contributed by atoms with Gasteiger partial charge < -0.3 is 10.1 Å². The van der Waals surface area contributed by atoms with Gasteiger partial charge >= 0.3 is 0 Å². The number of aryl methyl sites for hydroxylation is 2. The number of hydrogen-bond acceptors (Lipinski definition) is 2. The van der Waals surface area contributed by atoms with Gasteiger partial charge in [0.2, 0.25) is 0 Å². The monoisotopic (exact) mass is 263 g/mol. The third-order valence-electron chi connectivity index (χ3n) is 3.45. The van der Waals surface area contributed by atoms with E-state index in [9.17, 15) is 4.79 Å². The molecule has 0 aromatic heterocycles. The van der Waals surface area contributed by atoms with E-state index in [1.54, 1.807) is 0 Å². The summed E-state index contributed by atoms with van der Waals surface area (Å²) in [4.78, 5) is 11.7. The van der Waals surface area contributed by atoms with E-state index in [2.05, 4.69) is 19.2 Å². The predicted octanol–water partition coefficient (Wildman–Crippen LogP) is 3.23. The molecule has 0 unspecified atom stereocenters. The van der Waals surface area contributed by atoms with Gasteiger partial charge in [-0.2, -0.15) is 0 Å². The Morgan fingerprint density at radius 2 is 1.95 bits per heavy atom. The highest BCUT2D eigenvalue weighted by atomic mass is 16.5. The molecule has 0 aliphatic rings. The number of benzene rings is 1. The standard InChI is InChI=1S/C16H25NO2/c1-5-14(6-2)10-17-16(18)11-19-15-9-12(3)7-8-13(15)4/h7-9,14H,5-6,10-11H2,1-4H3,(H,17,18). The molecule has 106 valence electrons. The fraction of sp³-hybridized carbons (Fsp3) is 0.562. The van der Waals surface area contributed by atoms with Crippen LogP contribution < -0.4 is 10.1 Å². The Morgan fingerprint density at radius 1 is 1.26 bits per heavy atom. The van der Waals surface area contributed by atoms with E-state index in [1.807, 2.05) is 32.0 Å². The summed E-state index contributed by atoms with van der Waals surface area (Å²) >= 11 is 0. The molecule has 0 aliphatic heterocycles. The normalized spacial score (nSPS) is 10.6. The van der Waals surface area contributed by atoms with E-state index in [0.717, 1.165) is 36.3 Å². The van der Waals surface area contributed by atoms with Crippen molar-refractivity contribution in [3.63, 3.8) is 0 Å². The maximum Gasteiger partial charge on any atom is 0.257 e. The van der Waals surface area contributed by atoms with Gasteiger partial charge in [-0.1, -0.05) is 38.8 Å². The van der Waals surface area contributed by atoms with Crippen LogP contribution >= 0.6 is 0 Å². The van der Waals surface area contributed by atoms with Gasteiger partial charge in [-0.25, -0.2) is 0 Å². The van der Waals surface area contributed by atoms with E-state index in [-0.39, 0.29) is 12.5 Å². The fourth-order valence-corrected chi connectivity index (χ4v) is 1.89. The largest absolute Gasteiger partial charge is 0.483 e. The van der Waals surface area contributed by atoms with Crippen LogP contribution in [0.4, 0.5) is 0 Å². The lowest BCUT2D eigenvalue weighted by atomic mass is 10.0. The molecular formula is C16H25NO2. The van der Waals surface area contributed by atoms with Gasteiger partial charge in [0, 0.05) is 6.54 Å². The number of nitrogens with one attached hydrogen (secondary N) is 1. The number of carbonyl (C=O) groups is 1. The van der Waals surface area contributed by atoms with Gasteiger partial charge in [0.15, 0.2) is 6.61 Å². The highest BCUT2D eigenvalue weighted by Crippen LogP contribution is 2.18. The van der Waals surface area contributed by atoms with Crippen LogP contribution in [0.5, 0.6) is 5.75 Å². The van der Waals surface area contributed by atoms with Crippen LogP contribution in [0.1, 0.15) is 37.8 Å². The first-order chi connectivity index (χ1) is 9.06. The zero-order chi connectivity index (χ0) is 14.3. The molecule has 19 heavy (non-hydrogen) atoms. The second-order valence-electron chi connectivity index (χ2n) is 5.04. The van der Waals surface area contributed by atoms with Crippen LogP contribution in [0.2, 0.25) is 0 Å². The molecular weight excluding hydrogens is 238 g/mol. The topological polar surface area (TPSA) is 38.3 Å². The molecule has 0 spiro atoms. The van der Waals surface area contributed by atoms with Crippen molar-refractivity contribution in [1.82, 2.24) is 5.32 Å². The van der Waals surface area contributed by atoms with Crippen LogP contribution in [0.3, 0.4) is 0 Å². The minimum absolute atomic E-state index is 0.0483. The Morgan fingerprint density at radius 3 is 2.58 bits per heavy atom. The van der Waals surface area contributed by atoms with E-state index in [4.69, 9.17) is 4.74 Å². The maximum absolute atomic E-state index is 11.7. The molecule has 1 rings (SSSR count). The van der Waals surface area contributed by atoms with E-state index < -0.39 is 0 Å². The van der Waals surface area contributed by atoms with Crippen molar-refractivity contribution in [1.29, 1.82) is 0 Å². The molecule has 1 aromatic rings. The van der Waals surface area contributed by atoms with Gasteiger partial charge in [0.25, 0.3) is 5.91 Å². The molecule has 0 aliphatic carbocycles. The van der Waals surface area contributed by atoms with Gasteiger partial charge in [0.1, 0.15) is 5.75 Å². The molecule has 0 heterocycles. The lowest BCUT2D eigenvalue weighted by Gasteiger charge is -2.14. The third-order valence-corrected chi connectivity index (χ3v) is 3.45. The third kappa shape index (κ3) is 5.33. The Kier molecular flexibility index (Phi) is 6.40. The fourth-order valence-electron chi connectivity index (χ4n) is 1.89. The molecule has 0 saturated carbocycles. The average molecular weight is 263 g/mol. The van der Waals surface area contributed by atoms with Crippen LogP contribution in [0.15, 0.2) is 18.2 Å². The molecule has 3 heteroatoms. The van der Waals surface area contributed by atoms with Crippen molar-refractivity contribution in [2.24, 2.45) is 5.92 Å². The summed E-state index contributed by atoms with van der Waals surface area (Å²) in [6, 6.07) is 6.01. The van der Waals surface area contributed by atoms with E-state index in [0.29, 0.717) is 5.92 Å². The first-order valence-corrected chi connectivity index (χ1v) is 7.03. The molecule has 1 aromatic carbocycles. The number of hydrogen-bond donors (Lipinski definition) is 1. The predicted molar refractivity (Wildman–Crippen MR) is 78.5 cm³/mol. The highest BCUT2D eigenvalue weighted by molar-refractivity contribution is 5.77. The zero-order valence-corrected chi connectivity index (χ0v) is 12.5. The van der Waals surface area contributed by atoms with E-state index in [1.165, 1.54) is 0 Å². The number of rotatable bonds is 7. The number of amides is 1. The minimum Gasteiger partial charge on any atom is -0.483 e. The lowest BCUT2D eigenvalue weighted by molar-refractivity contribution is -0.123. The van der Waals surface area contributed by atoms with Crippen molar-refractivity contribution in [2.45, 2.75) is 40.5 Å². The van der Waals surface area contributed by atoms with Crippen LogP contribution in [0, 0.1) is 19.8 Å². The summed E-state index contributed by atoms with van der Waals surface area (Å²) in [5, 5.41) is 2.92. The van der Waals surface area contributed by atoms with Gasteiger partial charge in [-0.3, -0.25) is 4.79 Å². The summed E-state index contributed by atoms with van der Waals surface area (Å²) in [5.74, 6) is 1.30. The molecule has 0 saturated heterocycles. The average Bonchev–Trinajstić information content (AvgIpc) is 2.41. The molecule has 0 radical (unpaired) electrons. The van der Waals surface area contributed by atoms with Crippen molar-refractivity contribution in [2.75, 3.05) is 13.2 Å². The van der Waals surface area contributed by atoms with Crippen molar-refractivity contribution in [3.8, 4) is 5.75 Å². The van der Waals surface area contributed by atoms with Gasteiger partial charge in [-0.05, 0) is 37.0 Å². The molecule has 0 fully saturated rings. The van der Waals surface area contributed by atoms with E-state index >= 15 is 0 Å². The molecule has 0 atom stereocenters. The summed E-state index contributed by atoms with van der Waals surface area (Å²) < 4.78 is 5.57. The second-order valence-corrected chi connectivity index (χ2v) is 5.04. The summed E-state index contributed by atoms with van der Waals surface area (Å²) in [6.45, 7) is 9.11. The number of carbonyl (C=O) groups excluding carboxylic acids is 1. The lowest BCUT2D eigenvalue weighted by Crippen LogP contribution is -2.32. The van der Waals surface area contributed by atoms with Crippen molar-refractivity contribution >= 4 is 5.91 Å². The highest BCUT2D eigenvalue weighted by Gasteiger charge is 2.08. The molecule has 1 amide bonds. The molecule has 1 N–H and O–H groups in total. The van der Waals surface area contributed by atoms with Crippen LogP contribution in [0.25, 0.3) is 0 Å². The first-order valence-electron chi connectivity index (χ1n) is 7.03. The smallest absolute Gasteiger partial charge is 0.257 e. The van der Waals surface area contributed by atoms with Crippen molar-refractivity contribution in [3.05, 3.63) is 29.3 Å². The Balaban J connectivity index is 2.39. The quantitative estimate of drug-likeness (QED) is 0.820. The van der Waals surface area contributed by atoms with Crippen LogP contribution in [-0.4, -0.2) is 19.1 Å². The Hall–Kier alpha value is -1.51. The molecule has 3 nitrogen and oxygen atoms in total. The Labute approximate surface area is 116 Å². The summed E-state index contributed by atoms with van der Waals surface area (Å²) in [5.41, 5.74) is 2.19. The van der Waals surface area contributed by atoms with Crippen LogP contribution in [-0.2, 0) is 4.79 Å². The molecule has 0 bridgehead atoms. The second kappa shape index (κ2) is 7.82. The van der Waals surface area contributed by atoms with Crippen molar-refractivity contribution < 1.29 is 9.53 Å². The number of ether oxygens (including phenoxy) is 1. The maximum atomic E-state index is 11.7.